The van der Waals surface area contributed by atoms with E-state index in [1.165, 1.54) is 141 Å². The predicted octanol–water partition coefficient (Wildman–Crippen LogP) is 18.9. The van der Waals surface area contributed by atoms with Gasteiger partial charge in [0.05, 0.1) is 0 Å². The molecule has 0 aliphatic heterocycles. The van der Waals surface area contributed by atoms with Crippen molar-refractivity contribution in [3.63, 3.8) is 0 Å². The largest absolute Gasteiger partial charge is 0.0579 e. The third-order valence-electron chi connectivity index (χ3n) is 15.0. The average molecular weight is 827 g/mol. The summed E-state index contributed by atoms with van der Waals surface area (Å²) in [5.41, 5.74) is 10.8. The van der Waals surface area contributed by atoms with Crippen LogP contribution in [0.1, 0.15) is 105 Å². The summed E-state index contributed by atoms with van der Waals surface area (Å²) in [4.78, 5) is 0. The average Bonchev–Trinajstić information content (AvgIpc) is 3.39. The van der Waals surface area contributed by atoms with Crippen molar-refractivity contribution in [1.82, 2.24) is 0 Å². The molecule has 12 rings (SSSR count). The van der Waals surface area contributed by atoms with Gasteiger partial charge in [-0.05, 0) is 187 Å². The lowest BCUT2D eigenvalue weighted by atomic mass is 9.81. The Morgan fingerprint density at radius 1 is 0.234 bits per heavy atom. The smallest absolute Gasteiger partial charge is 0.000784 e. The van der Waals surface area contributed by atoms with Gasteiger partial charge in [-0.3, -0.25) is 0 Å². The Hall–Kier alpha value is -6.24. The summed E-state index contributed by atoms with van der Waals surface area (Å²) in [5, 5.41) is 24.1. The monoisotopic (exact) mass is 826 g/mol. The second kappa shape index (κ2) is 12.7. The lowest BCUT2D eigenvalue weighted by Crippen LogP contribution is -2.11. The van der Waals surface area contributed by atoms with Crippen LogP contribution >= 0.6 is 0 Å². The molecule has 0 radical (unpaired) electrons. The Labute approximate surface area is 377 Å². The molecular formula is C64H58. The molecule has 10 aromatic carbocycles. The molecule has 314 valence electrons. The molecule has 0 spiro atoms. The van der Waals surface area contributed by atoms with Gasteiger partial charge in [0.1, 0.15) is 0 Å². The molecule has 0 unspecified atom stereocenters. The summed E-state index contributed by atoms with van der Waals surface area (Å²) in [5.74, 6) is 0. The molecule has 64 heavy (non-hydrogen) atoms. The van der Waals surface area contributed by atoms with E-state index >= 15 is 0 Å². The minimum Gasteiger partial charge on any atom is -0.0579 e. The topological polar surface area (TPSA) is 0 Å². The lowest BCUT2D eigenvalue weighted by Gasteiger charge is -2.23. The van der Waals surface area contributed by atoms with Crippen LogP contribution in [0.25, 0.3) is 119 Å². The van der Waals surface area contributed by atoms with Gasteiger partial charge in [0.15, 0.2) is 0 Å². The summed E-state index contributed by atoms with van der Waals surface area (Å²) in [6.45, 7) is 28.0. The number of hydrogen-bond acceptors (Lipinski definition) is 0. The molecule has 0 bridgehead atoms. The van der Waals surface area contributed by atoms with Gasteiger partial charge in [-0.2, -0.15) is 0 Å². The fourth-order valence-corrected chi connectivity index (χ4v) is 11.4. The summed E-state index contributed by atoms with van der Waals surface area (Å²) in [7, 11) is 0. The molecule has 0 N–H and O–H groups in total. The second-order valence-electron chi connectivity index (χ2n) is 23.4. The van der Waals surface area contributed by atoms with Crippen LogP contribution in [0.4, 0.5) is 0 Å². The zero-order chi connectivity index (χ0) is 44.6. The lowest BCUT2D eigenvalue weighted by molar-refractivity contribution is 0.591. The SMILES string of the molecule is CC(C)(C)c1ccc2c(-c3cc4ccc5cc(C(C)(C)C)cc6ccc(c3)c4c56)c3c4ccc(C(C)(C)C)cc4c4c(cc5ccc6cc(C(C)(C)C)cc7ccc4c5c67)c3c-2cc1. The fourth-order valence-electron chi connectivity index (χ4n) is 11.4. The van der Waals surface area contributed by atoms with E-state index < -0.39 is 0 Å². The van der Waals surface area contributed by atoms with Crippen LogP contribution in [-0.4, -0.2) is 0 Å². The third-order valence-corrected chi connectivity index (χ3v) is 15.0. The summed E-state index contributed by atoms with van der Waals surface area (Å²) < 4.78 is 0. The molecular weight excluding hydrogens is 769 g/mol. The molecule has 0 nitrogen and oxygen atoms in total. The minimum absolute atomic E-state index is 0.00484. The van der Waals surface area contributed by atoms with Crippen LogP contribution < -0.4 is 0 Å². The summed E-state index contributed by atoms with van der Waals surface area (Å²) >= 11 is 0. The molecule has 0 heteroatoms. The predicted molar refractivity (Wildman–Crippen MR) is 283 cm³/mol. The van der Waals surface area contributed by atoms with E-state index in [4.69, 9.17) is 0 Å². The molecule has 0 fully saturated rings. The molecule has 0 atom stereocenters. The van der Waals surface area contributed by atoms with Crippen LogP contribution in [0, 0.1) is 0 Å². The number of hydrogen-bond donors (Lipinski definition) is 0. The van der Waals surface area contributed by atoms with Gasteiger partial charge in [0.2, 0.25) is 0 Å². The zero-order valence-electron chi connectivity index (χ0n) is 39.7. The standard InChI is InChI=1S/C64H58/c1-61(2,3)43-20-24-47-48(25-21-43)59-52-33-41-18-17-39-31-46(64(10,11)12)32-40-19-23-50(56(41)55(39)40)58(52)51-34-44(62(4,5)6)22-26-49(51)60(59)57(47)42-27-35-13-15-37-29-45(63(7,8)9)30-38-16-14-36(28-42)53(35)54(37)38/h13-34H,1-12H3. The van der Waals surface area contributed by atoms with Gasteiger partial charge in [-0.1, -0.05) is 192 Å². The van der Waals surface area contributed by atoms with Crippen molar-refractivity contribution in [2.75, 3.05) is 0 Å². The Morgan fingerprint density at radius 3 is 1.14 bits per heavy atom. The zero-order valence-corrected chi connectivity index (χ0v) is 39.7. The first kappa shape index (κ1) is 39.4. The van der Waals surface area contributed by atoms with Crippen molar-refractivity contribution in [1.29, 1.82) is 0 Å². The van der Waals surface area contributed by atoms with E-state index in [-0.39, 0.29) is 21.7 Å². The molecule has 0 aromatic heterocycles. The van der Waals surface area contributed by atoms with Crippen molar-refractivity contribution in [2.24, 2.45) is 0 Å². The Bertz CT molecular complexity index is 3810. The Balaban J connectivity index is 1.27. The van der Waals surface area contributed by atoms with Crippen molar-refractivity contribution in [2.45, 2.75) is 105 Å². The van der Waals surface area contributed by atoms with E-state index in [0.717, 1.165) is 0 Å². The molecule has 0 saturated carbocycles. The van der Waals surface area contributed by atoms with Crippen LogP contribution in [0.2, 0.25) is 0 Å². The van der Waals surface area contributed by atoms with E-state index in [2.05, 4.69) is 217 Å². The van der Waals surface area contributed by atoms with Crippen LogP contribution in [-0.2, 0) is 21.7 Å². The fraction of sp³-hybridized carbons (Fsp3) is 0.250. The normalized spacial score (nSPS) is 13.6. The van der Waals surface area contributed by atoms with Crippen molar-refractivity contribution in [3.8, 4) is 22.3 Å². The maximum Gasteiger partial charge on any atom is -0.000784 e. The highest BCUT2D eigenvalue weighted by molar-refractivity contribution is 6.42. The Kier molecular flexibility index (Phi) is 7.83. The van der Waals surface area contributed by atoms with Gasteiger partial charge in [-0.25, -0.2) is 0 Å². The molecule has 10 aromatic rings. The highest BCUT2D eigenvalue weighted by atomic mass is 14.3. The van der Waals surface area contributed by atoms with Crippen molar-refractivity contribution >= 4 is 97.0 Å². The summed E-state index contributed by atoms with van der Waals surface area (Å²) in [6.07, 6.45) is 0. The quantitative estimate of drug-likeness (QED) is 0.114. The molecule has 0 saturated heterocycles. The van der Waals surface area contributed by atoms with Gasteiger partial charge >= 0.3 is 0 Å². The first-order valence-corrected chi connectivity index (χ1v) is 23.5. The van der Waals surface area contributed by atoms with E-state index in [1.54, 1.807) is 0 Å². The molecule has 0 heterocycles. The first-order valence-electron chi connectivity index (χ1n) is 23.5. The van der Waals surface area contributed by atoms with Crippen LogP contribution in [0.15, 0.2) is 133 Å². The van der Waals surface area contributed by atoms with Gasteiger partial charge in [-0.15, -0.1) is 0 Å². The minimum atomic E-state index is -0.0120. The Morgan fingerprint density at radius 2 is 0.641 bits per heavy atom. The van der Waals surface area contributed by atoms with Gasteiger partial charge in [0.25, 0.3) is 0 Å². The number of fused-ring (bicyclic) bond motifs is 9. The maximum atomic E-state index is 2.55. The number of benzene rings is 10. The maximum absolute atomic E-state index is 2.55. The highest BCUT2D eigenvalue weighted by Gasteiger charge is 2.28. The van der Waals surface area contributed by atoms with E-state index in [0.29, 0.717) is 0 Å². The van der Waals surface area contributed by atoms with Crippen LogP contribution in [0.5, 0.6) is 0 Å². The van der Waals surface area contributed by atoms with E-state index in [1.807, 2.05) is 0 Å². The summed E-state index contributed by atoms with van der Waals surface area (Å²) in [6, 6.07) is 53.4. The van der Waals surface area contributed by atoms with Gasteiger partial charge < -0.3 is 0 Å². The van der Waals surface area contributed by atoms with Gasteiger partial charge in [0, 0.05) is 0 Å². The molecule has 2 aliphatic rings. The molecule has 0 amide bonds. The number of rotatable bonds is 1. The third kappa shape index (κ3) is 5.60. The molecule has 2 aliphatic carbocycles. The second-order valence-corrected chi connectivity index (χ2v) is 23.4. The highest BCUT2D eigenvalue weighted by Crippen LogP contribution is 2.55. The van der Waals surface area contributed by atoms with Crippen molar-refractivity contribution < 1.29 is 0 Å². The van der Waals surface area contributed by atoms with E-state index in [9.17, 15) is 0 Å². The van der Waals surface area contributed by atoms with Crippen LogP contribution in [0.3, 0.4) is 0 Å². The van der Waals surface area contributed by atoms with Crippen molar-refractivity contribution in [3.05, 3.63) is 156 Å². The first-order chi connectivity index (χ1) is 30.2.